The molecule has 0 spiro atoms. The van der Waals surface area contributed by atoms with Crippen molar-refractivity contribution in [1.82, 2.24) is 9.97 Å². The Bertz CT molecular complexity index is 303. The zero-order chi connectivity index (χ0) is 9.97. The van der Waals surface area contributed by atoms with Gasteiger partial charge in [0.1, 0.15) is 5.82 Å². The van der Waals surface area contributed by atoms with Crippen molar-refractivity contribution >= 4 is 0 Å². The highest BCUT2D eigenvalue weighted by Crippen LogP contribution is 2.26. The maximum absolute atomic E-state index is 5.52. The summed E-state index contributed by atoms with van der Waals surface area (Å²) >= 11 is 0. The number of aromatic amines is 1. The second-order valence-electron chi connectivity index (χ2n) is 4.29. The molecule has 0 bridgehead atoms. The monoisotopic (exact) mass is 193 g/mol. The van der Waals surface area contributed by atoms with Gasteiger partial charge in [-0.05, 0) is 51.5 Å². The predicted octanol–water partition coefficient (Wildman–Crippen LogP) is 1.56. The van der Waals surface area contributed by atoms with Crippen LogP contribution in [-0.2, 0) is 12.8 Å². The zero-order valence-corrected chi connectivity index (χ0v) is 8.84. The van der Waals surface area contributed by atoms with Gasteiger partial charge in [0.05, 0.1) is 5.69 Å². The zero-order valence-electron chi connectivity index (χ0n) is 8.84. The van der Waals surface area contributed by atoms with Crippen molar-refractivity contribution in [2.24, 2.45) is 11.7 Å². The van der Waals surface area contributed by atoms with E-state index in [0.29, 0.717) is 0 Å². The first-order valence-electron chi connectivity index (χ1n) is 5.54. The van der Waals surface area contributed by atoms with Gasteiger partial charge in [0, 0.05) is 5.69 Å². The molecule has 3 N–H and O–H groups in total. The van der Waals surface area contributed by atoms with Crippen LogP contribution in [0.1, 0.15) is 36.5 Å². The van der Waals surface area contributed by atoms with Crippen LogP contribution in [-0.4, -0.2) is 16.5 Å². The summed E-state index contributed by atoms with van der Waals surface area (Å²) in [6.07, 6.45) is 6.05. The molecule has 78 valence electrons. The minimum atomic E-state index is 0.825. The van der Waals surface area contributed by atoms with Crippen molar-refractivity contribution in [2.45, 2.75) is 39.0 Å². The second-order valence-corrected chi connectivity index (χ2v) is 4.29. The summed E-state index contributed by atoms with van der Waals surface area (Å²) in [6, 6.07) is 0. The van der Waals surface area contributed by atoms with Crippen LogP contribution in [0, 0.1) is 12.8 Å². The average Bonchev–Trinajstić information content (AvgIpc) is 2.54. The van der Waals surface area contributed by atoms with E-state index < -0.39 is 0 Å². The quantitative estimate of drug-likeness (QED) is 0.765. The Kier molecular flexibility index (Phi) is 2.87. The molecule has 2 rings (SSSR count). The van der Waals surface area contributed by atoms with Gasteiger partial charge in [-0.3, -0.25) is 0 Å². The molecule has 0 radical (unpaired) electrons. The smallest absolute Gasteiger partial charge is 0.103 e. The molecule has 3 nitrogen and oxygen atoms in total. The number of fused-ring (bicyclic) bond motifs is 1. The lowest BCUT2D eigenvalue weighted by atomic mass is 9.86. The Hall–Kier alpha value is -0.830. The van der Waals surface area contributed by atoms with E-state index in [-0.39, 0.29) is 0 Å². The van der Waals surface area contributed by atoms with Crippen molar-refractivity contribution in [3.05, 3.63) is 17.2 Å². The molecular weight excluding hydrogens is 174 g/mol. The number of H-pyrrole nitrogens is 1. The van der Waals surface area contributed by atoms with Gasteiger partial charge in [-0.25, -0.2) is 4.98 Å². The first-order valence-corrected chi connectivity index (χ1v) is 5.54. The highest BCUT2D eigenvalue weighted by atomic mass is 14.9. The molecule has 14 heavy (non-hydrogen) atoms. The van der Waals surface area contributed by atoms with Crippen molar-refractivity contribution < 1.29 is 0 Å². The van der Waals surface area contributed by atoms with E-state index in [0.717, 1.165) is 31.1 Å². The number of hydrogen-bond acceptors (Lipinski definition) is 2. The molecule has 1 aliphatic carbocycles. The molecule has 0 aromatic carbocycles. The van der Waals surface area contributed by atoms with E-state index in [1.807, 2.05) is 6.92 Å². The maximum atomic E-state index is 5.52. The van der Waals surface area contributed by atoms with E-state index in [1.54, 1.807) is 0 Å². The van der Waals surface area contributed by atoms with Crippen LogP contribution in [0.5, 0.6) is 0 Å². The Morgan fingerprint density at radius 1 is 1.57 bits per heavy atom. The second kappa shape index (κ2) is 4.13. The molecule has 0 fully saturated rings. The summed E-state index contributed by atoms with van der Waals surface area (Å²) in [5, 5.41) is 0. The number of rotatable bonds is 3. The minimum absolute atomic E-state index is 0.825. The SMILES string of the molecule is Cc1nc2c([nH]1)CC(CCCN)CC2. The lowest BCUT2D eigenvalue weighted by molar-refractivity contribution is 0.411. The number of aromatic nitrogens is 2. The van der Waals surface area contributed by atoms with Gasteiger partial charge >= 0.3 is 0 Å². The van der Waals surface area contributed by atoms with Gasteiger partial charge in [0.15, 0.2) is 0 Å². The normalized spacial score (nSPS) is 20.9. The van der Waals surface area contributed by atoms with Crippen LogP contribution in [0.4, 0.5) is 0 Å². The van der Waals surface area contributed by atoms with Crippen molar-refractivity contribution in [3.63, 3.8) is 0 Å². The molecule has 0 saturated heterocycles. The van der Waals surface area contributed by atoms with Crippen LogP contribution in [0.3, 0.4) is 0 Å². The Morgan fingerprint density at radius 2 is 2.43 bits per heavy atom. The number of aryl methyl sites for hydroxylation is 2. The van der Waals surface area contributed by atoms with Crippen LogP contribution in [0.2, 0.25) is 0 Å². The van der Waals surface area contributed by atoms with Gasteiger partial charge in [-0.1, -0.05) is 0 Å². The fourth-order valence-corrected chi connectivity index (χ4v) is 2.35. The molecule has 1 aromatic heterocycles. The maximum Gasteiger partial charge on any atom is 0.103 e. The van der Waals surface area contributed by atoms with E-state index in [1.165, 1.54) is 30.7 Å². The van der Waals surface area contributed by atoms with Crippen molar-refractivity contribution in [3.8, 4) is 0 Å². The van der Waals surface area contributed by atoms with Crippen LogP contribution in [0.15, 0.2) is 0 Å². The van der Waals surface area contributed by atoms with Crippen LogP contribution >= 0.6 is 0 Å². The largest absolute Gasteiger partial charge is 0.346 e. The average molecular weight is 193 g/mol. The minimum Gasteiger partial charge on any atom is -0.346 e. The Morgan fingerprint density at radius 3 is 3.21 bits per heavy atom. The highest BCUT2D eigenvalue weighted by molar-refractivity contribution is 5.18. The number of nitrogens with one attached hydrogen (secondary N) is 1. The fraction of sp³-hybridized carbons (Fsp3) is 0.727. The molecular formula is C11H19N3. The van der Waals surface area contributed by atoms with Crippen LogP contribution < -0.4 is 5.73 Å². The van der Waals surface area contributed by atoms with E-state index >= 15 is 0 Å². The summed E-state index contributed by atoms with van der Waals surface area (Å²) in [6.45, 7) is 2.86. The standard InChI is InChI=1S/C11H19N3/c1-8-13-10-5-4-9(3-2-6-12)7-11(10)14-8/h9H,2-7,12H2,1H3,(H,13,14). The molecule has 1 aliphatic rings. The number of nitrogens with two attached hydrogens (primary N) is 1. The molecule has 0 saturated carbocycles. The van der Waals surface area contributed by atoms with E-state index in [4.69, 9.17) is 5.73 Å². The number of nitrogens with zero attached hydrogens (tertiary/aromatic N) is 1. The molecule has 1 aromatic rings. The lowest BCUT2D eigenvalue weighted by Crippen LogP contribution is -2.15. The number of hydrogen-bond donors (Lipinski definition) is 2. The predicted molar refractivity (Wildman–Crippen MR) is 57.1 cm³/mol. The van der Waals surface area contributed by atoms with Gasteiger partial charge in [0.2, 0.25) is 0 Å². The summed E-state index contributed by atoms with van der Waals surface area (Å²) in [4.78, 5) is 7.85. The number of imidazole rings is 1. The molecule has 1 atom stereocenters. The Balaban J connectivity index is 1.98. The first kappa shape index (κ1) is 9.71. The van der Waals surface area contributed by atoms with E-state index in [2.05, 4.69) is 9.97 Å². The third-order valence-corrected chi connectivity index (χ3v) is 3.08. The van der Waals surface area contributed by atoms with Crippen molar-refractivity contribution in [1.29, 1.82) is 0 Å². The first-order chi connectivity index (χ1) is 6.79. The summed E-state index contributed by atoms with van der Waals surface area (Å²) in [5.74, 6) is 1.89. The fourth-order valence-electron chi connectivity index (χ4n) is 2.35. The summed E-state index contributed by atoms with van der Waals surface area (Å²) in [5.41, 5.74) is 8.19. The molecule has 3 heteroatoms. The van der Waals surface area contributed by atoms with E-state index in [9.17, 15) is 0 Å². The summed E-state index contributed by atoms with van der Waals surface area (Å²) in [7, 11) is 0. The van der Waals surface area contributed by atoms with Gasteiger partial charge in [-0.15, -0.1) is 0 Å². The third kappa shape index (κ3) is 1.98. The molecule has 1 unspecified atom stereocenters. The van der Waals surface area contributed by atoms with Gasteiger partial charge in [0.25, 0.3) is 0 Å². The third-order valence-electron chi connectivity index (χ3n) is 3.08. The van der Waals surface area contributed by atoms with Crippen molar-refractivity contribution in [2.75, 3.05) is 6.54 Å². The molecule has 0 amide bonds. The molecule has 0 aliphatic heterocycles. The Labute approximate surface area is 85.1 Å². The lowest BCUT2D eigenvalue weighted by Gasteiger charge is -2.20. The topological polar surface area (TPSA) is 54.7 Å². The van der Waals surface area contributed by atoms with Crippen LogP contribution in [0.25, 0.3) is 0 Å². The molecule has 1 heterocycles. The van der Waals surface area contributed by atoms with Gasteiger partial charge < -0.3 is 10.7 Å². The van der Waals surface area contributed by atoms with Gasteiger partial charge in [-0.2, -0.15) is 0 Å². The summed E-state index contributed by atoms with van der Waals surface area (Å²) < 4.78 is 0. The highest BCUT2D eigenvalue weighted by Gasteiger charge is 2.20.